The highest BCUT2D eigenvalue weighted by Gasteiger charge is 2.32. The number of hydrogen-bond acceptors (Lipinski definition) is 3. The molecule has 0 heterocycles. The fourth-order valence-corrected chi connectivity index (χ4v) is 1.02. The molecule has 3 nitrogen and oxygen atoms in total. The summed E-state index contributed by atoms with van der Waals surface area (Å²) >= 11 is 0. The van der Waals surface area contributed by atoms with Crippen molar-refractivity contribution in [1.29, 1.82) is 0 Å². The van der Waals surface area contributed by atoms with Gasteiger partial charge in [-0.05, 0) is 19.1 Å². The maximum Gasteiger partial charge on any atom is 0.573 e. The molecule has 90 valence electrons. The average Bonchev–Trinajstić information content (AvgIpc) is 2.18. The highest BCUT2D eigenvalue weighted by Crippen LogP contribution is 2.32. The Labute approximate surface area is 91.0 Å². The average molecular weight is 235 g/mol. The largest absolute Gasteiger partial charge is 0.573 e. The number of benzene rings is 1. The lowest BCUT2D eigenvalue weighted by atomic mass is 10.3. The molecule has 0 aromatic heterocycles. The Balaban J connectivity index is 2.83. The molecule has 0 aliphatic heterocycles. The summed E-state index contributed by atoms with van der Waals surface area (Å²) in [5.74, 6) is -0.340. The van der Waals surface area contributed by atoms with E-state index in [0.29, 0.717) is 0 Å². The number of para-hydroxylation sites is 2. The lowest BCUT2D eigenvalue weighted by molar-refractivity contribution is -0.275. The number of alkyl halides is 3. The van der Waals surface area contributed by atoms with Crippen molar-refractivity contribution in [2.45, 2.75) is 19.4 Å². The number of rotatable bonds is 4. The van der Waals surface area contributed by atoms with E-state index in [-0.39, 0.29) is 24.1 Å². The van der Waals surface area contributed by atoms with Crippen LogP contribution in [0, 0.1) is 0 Å². The number of hydrogen-bond donors (Lipinski definition) is 1. The minimum absolute atomic E-state index is 0.0257. The van der Waals surface area contributed by atoms with Gasteiger partial charge in [0.1, 0.15) is 6.10 Å². The molecule has 1 aromatic carbocycles. The second-order valence-electron chi connectivity index (χ2n) is 3.16. The number of nitrogens with two attached hydrogens (primary N) is 1. The van der Waals surface area contributed by atoms with Gasteiger partial charge in [0.15, 0.2) is 11.5 Å². The van der Waals surface area contributed by atoms with Crippen molar-refractivity contribution < 1.29 is 22.6 Å². The molecule has 0 saturated carbocycles. The second kappa shape index (κ2) is 5.07. The summed E-state index contributed by atoms with van der Waals surface area (Å²) in [4.78, 5) is 0. The molecule has 0 amide bonds. The zero-order valence-corrected chi connectivity index (χ0v) is 8.62. The van der Waals surface area contributed by atoms with Crippen LogP contribution in [0.4, 0.5) is 13.2 Å². The van der Waals surface area contributed by atoms with Gasteiger partial charge in [-0.1, -0.05) is 12.1 Å². The van der Waals surface area contributed by atoms with Gasteiger partial charge in [0, 0.05) is 6.54 Å². The fourth-order valence-electron chi connectivity index (χ4n) is 1.02. The predicted octanol–water partition coefficient (Wildman–Crippen LogP) is 2.31. The third kappa shape index (κ3) is 3.98. The van der Waals surface area contributed by atoms with Crippen molar-refractivity contribution in [3.8, 4) is 11.5 Å². The Morgan fingerprint density at radius 1 is 1.25 bits per heavy atom. The Morgan fingerprint density at radius 2 is 1.81 bits per heavy atom. The summed E-state index contributed by atoms with van der Waals surface area (Å²) in [6.45, 7) is 1.87. The van der Waals surface area contributed by atoms with Crippen LogP contribution in [-0.4, -0.2) is 19.0 Å². The first kappa shape index (κ1) is 12.6. The summed E-state index contributed by atoms with van der Waals surface area (Å²) in [5.41, 5.74) is 5.31. The van der Waals surface area contributed by atoms with E-state index in [1.807, 2.05) is 0 Å². The molecular weight excluding hydrogens is 223 g/mol. The van der Waals surface area contributed by atoms with Crippen molar-refractivity contribution in [2.24, 2.45) is 5.73 Å². The highest BCUT2D eigenvalue weighted by molar-refractivity contribution is 5.39. The van der Waals surface area contributed by atoms with Crippen LogP contribution < -0.4 is 15.2 Å². The van der Waals surface area contributed by atoms with Crippen LogP contribution in [-0.2, 0) is 0 Å². The Kier molecular flexibility index (Phi) is 4.00. The van der Waals surface area contributed by atoms with Crippen LogP contribution in [0.5, 0.6) is 11.5 Å². The zero-order valence-electron chi connectivity index (χ0n) is 8.62. The maximum absolute atomic E-state index is 12.0. The molecule has 0 spiro atoms. The van der Waals surface area contributed by atoms with Crippen LogP contribution in [0.25, 0.3) is 0 Å². The van der Waals surface area contributed by atoms with Gasteiger partial charge >= 0.3 is 6.36 Å². The molecule has 0 bridgehead atoms. The second-order valence-corrected chi connectivity index (χ2v) is 3.16. The van der Waals surface area contributed by atoms with E-state index in [9.17, 15) is 13.2 Å². The van der Waals surface area contributed by atoms with E-state index >= 15 is 0 Å². The van der Waals surface area contributed by atoms with Gasteiger partial charge in [-0.3, -0.25) is 0 Å². The highest BCUT2D eigenvalue weighted by atomic mass is 19.4. The Bertz CT molecular complexity index is 341. The van der Waals surface area contributed by atoms with Crippen LogP contribution in [0.3, 0.4) is 0 Å². The molecule has 0 radical (unpaired) electrons. The molecular formula is C10H12F3NO2. The van der Waals surface area contributed by atoms with Crippen LogP contribution in [0.15, 0.2) is 24.3 Å². The number of ether oxygens (including phenoxy) is 2. The SMILES string of the molecule is CC(CN)Oc1ccccc1OC(F)(F)F. The summed E-state index contributed by atoms with van der Waals surface area (Å²) in [6, 6.07) is 5.57. The molecule has 2 N–H and O–H groups in total. The first-order chi connectivity index (χ1) is 7.42. The van der Waals surface area contributed by atoms with Crippen molar-refractivity contribution in [2.75, 3.05) is 6.54 Å². The summed E-state index contributed by atoms with van der Waals surface area (Å²) in [6.07, 6.45) is -5.11. The first-order valence-electron chi connectivity index (χ1n) is 4.64. The molecule has 1 rings (SSSR count). The summed E-state index contributed by atoms with van der Waals surface area (Å²) in [7, 11) is 0. The molecule has 16 heavy (non-hydrogen) atoms. The lowest BCUT2D eigenvalue weighted by Gasteiger charge is -2.16. The van der Waals surface area contributed by atoms with E-state index in [2.05, 4.69) is 4.74 Å². The third-order valence-electron chi connectivity index (χ3n) is 1.73. The quantitative estimate of drug-likeness (QED) is 0.870. The van der Waals surface area contributed by atoms with E-state index in [4.69, 9.17) is 10.5 Å². The van der Waals surface area contributed by atoms with E-state index < -0.39 is 6.36 Å². The minimum atomic E-state index is -4.73. The Morgan fingerprint density at radius 3 is 2.31 bits per heavy atom. The van der Waals surface area contributed by atoms with Gasteiger partial charge < -0.3 is 15.2 Å². The van der Waals surface area contributed by atoms with Crippen LogP contribution in [0.2, 0.25) is 0 Å². The van der Waals surface area contributed by atoms with Crippen molar-refractivity contribution >= 4 is 0 Å². The van der Waals surface area contributed by atoms with Crippen molar-refractivity contribution in [3.05, 3.63) is 24.3 Å². The van der Waals surface area contributed by atoms with Crippen LogP contribution in [0.1, 0.15) is 6.92 Å². The van der Waals surface area contributed by atoms with Crippen LogP contribution >= 0.6 is 0 Å². The van der Waals surface area contributed by atoms with Gasteiger partial charge in [-0.25, -0.2) is 0 Å². The molecule has 0 fully saturated rings. The van der Waals surface area contributed by atoms with E-state index in [0.717, 1.165) is 0 Å². The molecule has 1 aromatic rings. The predicted molar refractivity (Wildman–Crippen MR) is 52.3 cm³/mol. The van der Waals surface area contributed by atoms with Crippen molar-refractivity contribution in [1.82, 2.24) is 0 Å². The number of halogens is 3. The molecule has 1 atom stereocenters. The molecule has 1 unspecified atom stereocenters. The molecule has 0 saturated heterocycles. The normalized spacial score (nSPS) is 13.3. The first-order valence-corrected chi connectivity index (χ1v) is 4.64. The standard InChI is InChI=1S/C10H12F3NO2/c1-7(6-14)15-8-4-2-3-5-9(8)16-10(11,12)13/h2-5,7H,6,14H2,1H3. The van der Waals surface area contributed by atoms with Gasteiger partial charge in [-0.15, -0.1) is 13.2 Å². The van der Waals surface area contributed by atoms with Gasteiger partial charge in [-0.2, -0.15) is 0 Å². The van der Waals surface area contributed by atoms with Gasteiger partial charge in [0.25, 0.3) is 0 Å². The zero-order chi connectivity index (χ0) is 12.2. The molecule has 0 aliphatic carbocycles. The third-order valence-corrected chi connectivity index (χ3v) is 1.73. The summed E-state index contributed by atoms with van der Waals surface area (Å²) in [5, 5.41) is 0. The topological polar surface area (TPSA) is 44.5 Å². The lowest BCUT2D eigenvalue weighted by Crippen LogP contribution is -2.24. The minimum Gasteiger partial charge on any atom is -0.486 e. The smallest absolute Gasteiger partial charge is 0.486 e. The fraction of sp³-hybridized carbons (Fsp3) is 0.400. The molecule has 0 aliphatic rings. The monoisotopic (exact) mass is 235 g/mol. The van der Waals surface area contributed by atoms with E-state index in [1.165, 1.54) is 18.2 Å². The van der Waals surface area contributed by atoms with E-state index in [1.54, 1.807) is 13.0 Å². The van der Waals surface area contributed by atoms with Gasteiger partial charge in [0.05, 0.1) is 0 Å². The Hall–Kier alpha value is -1.43. The summed E-state index contributed by atoms with van der Waals surface area (Å²) < 4.78 is 45.1. The van der Waals surface area contributed by atoms with Crippen molar-refractivity contribution in [3.63, 3.8) is 0 Å². The van der Waals surface area contributed by atoms with Gasteiger partial charge in [0.2, 0.25) is 0 Å². The maximum atomic E-state index is 12.0. The molecule has 6 heteroatoms.